The highest BCUT2D eigenvalue weighted by Crippen LogP contribution is 2.08. The third-order valence-corrected chi connectivity index (χ3v) is 1.46. The molecule has 1 aromatic rings. The van der Waals surface area contributed by atoms with Crippen LogP contribution in [0.25, 0.3) is 0 Å². The van der Waals surface area contributed by atoms with Crippen LogP contribution < -0.4 is 10.2 Å². The molecule has 6 heteroatoms. The molecule has 0 radical (unpaired) electrons. The van der Waals surface area contributed by atoms with Crippen molar-refractivity contribution in [2.24, 2.45) is 0 Å². The lowest BCUT2D eigenvalue weighted by Crippen LogP contribution is -2.31. The van der Waals surface area contributed by atoms with Crippen molar-refractivity contribution in [2.75, 3.05) is 0 Å². The van der Waals surface area contributed by atoms with Gasteiger partial charge in [-0.15, -0.1) is 0 Å². The van der Waals surface area contributed by atoms with Crippen molar-refractivity contribution in [2.45, 2.75) is 0 Å². The summed E-state index contributed by atoms with van der Waals surface area (Å²) < 4.78 is 4.51. The molecule has 0 aliphatic heterocycles. The molecule has 1 rings (SSSR count). The molecule has 4 nitrogen and oxygen atoms in total. The van der Waals surface area contributed by atoms with Crippen LogP contribution in [0.2, 0.25) is 0 Å². The summed E-state index contributed by atoms with van der Waals surface area (Å²) in [6.07, 6.45) is 0. The summed E-state index contributed by atoms with van der Waals surface area (Å²) in [6, 6.07) is 6.00. The number of hydrogen-bond donors (Lipinski definition) is 2. The van der Waals surface area contributed by atoms with Gasteiger partial charge in [0.2, 0.25) is 0 Å². The van der Waals surface area contributed by atoms with E-state index in [9.17, 15) is 4.79 Å². The second kappa shape index (κ2) is 4.27. The van der Waals surface area contributed by atoms with Crippen LogP contribution in [0, 0.1) is 0 Å². The molecule has 0 atom stereocenters. The molecule has 0 aliphatic rings. The van der Waals surface area contributed by atoms with Gasteiger partial charge in [0.1, 0.15) is 5.75 Å². The van der Waals surface area contributed by atoms with Crippen LogP contribution in [0.1, 0.15) is 0 Å². The zero-order valence-corrected chi connectivity index (χ0v) is 7.23. The van der Waals surface area contributed by atoms with Crippen molar-refractivity contribution < 1.29 is 19.6 Å². The van der Waals surface area contributed by atoms with E-state index >= 15 is 0 Å². The highest BCUT2D eigenvalue weighted by Gasteiger charge is 2.17. The molecule has 0 saturated heterocycles. The first-order valence-electron chi connectivity index (χ1n) is 3.43. The Bertz CT molecular complexity index is 315. The first kappa shape index (κ1) is 10.0. The SMILES string of the molecule is O=C(Cl)Oc1ccccc1B(O)O. The molecule has 0 unspecified atom stereocenters. The van der Waals surface area contributed by atoms with Gasteiger partial charge in [0, 0.05) is 17.1 Å². The molecule has 0 spiro atoms. The summed E-state index contributed by atoms with van der Waals surface area (Å²) in [7, 11) is -1.69. The lowest BCUT2D eigenvalue weighted by Gasteiger charge is -2.05. The standard InChI is InChI=1S/C7H6BClO4/c9-7(10)13-6-4-2-1-3-5(6)8(11)12/h1-4,11-12H. The number of ether oxygens (including phenoxy) is 1. The van der Waals surface area contributed by atoms with Crippen LogP contribution in [0.5, 0.6) is 5.75 Å². The van der Waals surface area contributed by atoms with E-state index in [2.05, 4.69) is 4.74 Å². The van der Waals surface area contributed by atoms with Crippen LogP contribution in [0.15, 0.2) is 24.3 Å². The van der Waals surface area contributed by atoms with Crippen molar-refractivity contribution in [3.8, 4) is 5.75 Å². The van der Waals surface area contributed by atoms with Crippen LogP contribution in [0.4, 0.5) is 4.79 Å². The Balaban J connectivity index is 2.97. The number of benzene rings is 1. The topological polar surface area (TPSA) is 66.8 Å². The fourth-order valence-electron chi connectivity index (χ4n) is 0.873. The second-order valence-electron chi connectivity index (χ2n) is 2.25. The zero-order valence-electron chi connectivity index (χ0n) is 6.48. The molecule has 0 aromatic heterocycles. The molecule has 0 fully saturated rings. The van der Waals surface area contributed by atoms with Gasteiger partial charge < -0.3 is 14.8 Å². The maximum absolute atomic E-state index is 10.4. The van der Waals surface area contributed by atoms with E-state index in [0.29, 0.717) is 0 Å². The number of para-hydroxylation sites is 1. The Morgan fingerprint density at radius 3 is 2.54 bits per heavy atom. The summed E-state index contributed by atoms with van der Waals surface area (Å²) in [5.41, 5.74) is -0.926. The molecule has 13 heavy (non-hydrogen) atoms. The summed E-state index contributed by atoms with van der Waals surface area (Å²) >= 11 is 4.96. The lowest BCUT2D eigenvalue weighted by atomic mass is 9.80. The average Bonchev–Trinajstić information content (AvgIpc) is 2.03. The number of hydrogen-bond acceptors (Lipinski definition) is 4. The molecule has 1 aromatic carbocycles. The fraction of sp³-hybridized carbons (Fsp3) is 0. The Hall–Kier alpha value is -1.04. The normalized spacial score (nSPS) is 9.46. The first-order chi connectivity index (χ1) is 6.11. The van der Waals surface area contributed by atoms with Gasteiger partial charge in [-0.25, -0.2) is 4.79 Å². The largest absolute Gasteiger partial charge is 0.492 e. The molecule has 0 heterocycles. The van der Waals surface area contributed by atoms with E-state index in [-0.39, 0.29) is 11.2 Å². The summed E-state index contributed by atoms with van der Waals surface area (Å²) in [6.45, 7) is 0. The van der Waals surface area contributed by atoms with E-state index in [4.69, 9.17) is 21.6 Å². The summed E-state index contributed by atoms with van der Waals surface area (Å²) in [5, 5.41) is 17.7. The number of carbonyl (C=O) groups excluding carboxylic acids is 1. The van der Waals surface area contributed by atoms with Crippen molar-refractivity contribution in [3.63, 3.8) is 0 Å². The Labute approximate surface area is 79.9 Å². The van der Waals surface area contributed by atoms with Gasteiger partial charge in [-0.1, -0.05) is 18.2 Å². The predicted octanol–water partition coefficient (Wildman–Crippen LogP) is 0.104. The quantitative estimate of drug-likeness (QED) is 0.525. The van der Waals surface area contributed by atoms with Gasteiger partial charge in [-0.05, 0) is 6.07 Å². The van der Waals surface area contributed by atoms with Gasteiger partial charge in [0.05, 0.1) is 0 Å². The predicted molar refractivity (Wildman–Crippen MR) is 48.1 cm³/mol. The van der Waals surface area contributed by atoms with Crippen LogP contribution in [-0.2, 0) is 0 Å². The summed E-state index contributed by atoms with van der Waals surface area (Å²) in [4.78, 5) is 10.4. The van der Waals surface area contributed by atoms with E-state index in [0.717, 1.165) is 0 Å². The van der Waals surface area contributed by atoms with Gasteiger partial charge in [0.15, 0.2) is 0 Å². The number of halogens is 1. The Morgan fingerprint density at radius 1 is 1.38 bits per heavy atom. The van der Waals surface area contributed by atoms with Crippen LogP contribution in [-0.4, -0.2) is 22.6 Å². The highest BCUT2D eigenvalue weighted by atomic mass is 35.5. The molecular weight excluding hydrogens is 194 g/mol. The molecule has 0 saturated carbocycles. The molecule has 0 bridgehead atoms. The van der Waals surface area contributed by atoms with E-state index in [1.807, 2.05) is 0 Å². The molecule has 0 amide bonds. The minimum Gasteiger partial charge on any atom is -0.423 e. The van der Waals surface area contributed by atoms with Crippen molar-refractivity contribution in [1.82, 2.24) is 0 Å². The third-order valence-electron chi connectivity index (χ3n) is 1.39. The molecule has 2 N–H and O–H groups in total. The van der Waals surface area contributed by atoms with Gasteiger partial charge in [-0.3, -0.25) is 0 Å². The van der Waals surface area contributed by atoms with Crippen molar-refractivity contribution in [3.05, 3.63) is 24.3 Å². The second-order valence-corrected chi connectivity index (χ2v) is 2.56. The van der Waals surface area contributed by atoms with Gasteiger partial charge in [0.25, 0.3) is 0 Å². The minimum absolute atomic E-state index is 0.0394. The van der Waals surface area contributed by atoms with Crippen molar-refractivity contribution in [1.29, 1.82) is 0 Å². The van der Waals surface area contributed by atoms with Gasteiger partial charge in [-0.2, -0.15) is 0 Å². The number of carbonyl (C=O) groups is 1. The minimum atomic E-state index is -1.69. The maximum Gasteiger partial charge on any atom is 0.492 e. The fourth-order valence-corrected chi connectivity index (χ4v) is 0.956. The zero-order chi connectivity index (χ0) is 9.84. The Morgan fingerprint density at radius 2 is 2.00 bits per heavy atom. The van der Waals surface area contributed by atoms with Crippen LogP contribution in [0.3, 0.4) is 0 Å². The summed E-state index contributed by atoms with van der Waals surface area (Å²) in [5.74, 6) is 0.0394. The van der Waals surface area contributed by atoms with Gasteiger partial charge >= 0.3 is 12.5 Å². The smallest absolute Gasteiger partial charge is 0.423 e. The third kappa shape index (κ3) is 2.73. The van der Waals surface area contributed by atoms with Crippen molar-refractivity contribution >= 4 is 29.6 Å². The monoisotopic (exact) mass is 200 g/mol. The average molecular weight is 200 g/mol. The maximum atomic E-state index is 10.4. The number of rotatable bonds is 2. The first-order valence-corrected chi connectivity index (χ1v) is 3.81. The van der Waals surface area contributed by atoms with E-state index in [1.165, 1.54) is 12.1 Å². The van der Waals surface area contributed by atoms with E-state index < -0.39 is 12.5 Å². The molecule has 0 aliphatic carbocycles. The lowest BCUT2D eigenvalue weighted by molar-refractivity contribution is 0.226. The molecule has 68 valence electrons. The van der Waals surface area contributed by atoms with E-state index in [1.54, 1.807) is 12.1 Å². The molecular formula is C7H6BClO4. The van der Waals surface area contributed by atoms with Crippen LogP contribution >= 0.6 is 11.6 Å². The Kier molecular flexibility index (Phi) is 3.30. The highest BCUT2D eigenvalue weighted by molar-refractivity contribution is 6.62.